The molecule has 0 fully saturated rings. The Labute approximate surface area is 178 Å². The summed E-state index contributed by atoms with van der Waals surface area (Å²) >= 11 is 0. The average molecular weight is 435 g/mol. The predicted molar refractivity (Wildman–Crippen MR) is 116 cm³/mol. The number of sulfonamides is 1. The van der Waals surface area contributed by atoms with Gasteiger partial charge in [-0.3, -0.25) is 4.79 Å². The van der Waals surface area contributed by atoms with E-state index in [0.717, 1.165) is 5.56 Å². The van der Waals surface area contributed by atoms with E-state index in [0.29, 0.717) is 38.5 Å². The number of nitrogens with one attached hydrogen (secondary N) is 2. The van der Waals surface area contributed by atoms with Crippen molar-refractivity contribution in [2.24, 2.45) is 0 Å². The van der Waals surface area contributed by atoms with Crippen molar-refractivity contribution in [3.63, 3.8) is 0 Å². The van der Waals surface area contributed by atoms with Crippen LogP contribution >= 0.6 is 0 Å². The van der Waals surface area contributed by atoms with E-state index in [1.807, 2.05) is 44.2 Å². The molecule has 0 saturated carbocycles. The highest BCUT2D eigenvalue weighted by Crippen LogP contribution is 2.17. The second-order valence-corrected chi connectivity index (χ2v) is 8.32. The summed E-state index contributed by atoms with van der Waals surface area (Å²) in [6, 6.07) is 14.5. The van der Waals surface area contributed by atoms with Crippen molar-refractivity contribution in [2.45, 2.75) is 37.6 Å². The van der Waals surface area contributed by atoms with Crippen LogP contribution in [0.3, 0.4) is 0 Å². The summed E-state index contributed by atoms with van der Waals surface area (Å²) in [4.78, 5) is 12.8. The van der Waals surface area contributed by atoms with Crippen LogP contribution < -0.4 is 14.8 Å². The molecule has 2 aromatic carbocycles. The lowest BCUT2D eigenvalue weighted by Crippen LogP contribution is -2.48. The summed E-state index contributed by atoms with van der Waals surface area (Å²) in [5, 5.41) is 2.80. The molecule has 0 unspecified atom stereocenters. The van der Waals surface area contributed by atoms with Gasteiger partial charge in [0.25, 0.3) is 0 Å². The molecule has 0 aromatic heterocycles. The number of carbonyl (C=O) groups excluding carboxylic acids is 1. The van der Waals surface area contributed by atoms with Gasteiger partial charge in [0.05, 0.1) is 11.5 Å². The molecule has 2 aromatic rings. The predicted octanol–water partition coefficient (Wildman–Crippen LogP) is 2.52. The minimum Gasteiger partial charge on any atom is -0.494 e. The summed E-state index contributed by atoms with van der Waals surface area (Å²) in [6.45, 7) is 5.82. The Kier molecular flexibility index (Phi) is 9.79. The zero-order valence-corrected chi connectivity index (χ0v) is 18.3. The fourth-order valence-corrected chi connectivity index (χ4v) is 4.02. The van der Waals surface area contributed by atoms with E-state index < -0.39 is 16.1 Å². The van der Waals surface area contributed by atoms with Crippen LogP contribution in [0.25, 0.3) is 0 Å². The average Bonchev–Trinajstić information content (AvgIpc) is 2.74. The first-order valence-corrected chi connectivity index (χ1v) is 11.6. The van der Waals surface area contributed by atoms with Crippen molar-refractivity contribution in [3.05, 3.63) is 60.2 Å². The number of ether oxygens (including phenoxy) is 2. The summed E-state index contributed by atoms with van der Waals surface area (Å²) < 4.78 is 38.9. The third kappa shape index (κ3) is 7.78. The van der Waals surface area contributed by atoms with Crippen LogP contribution in [-0.2, 0) is 26.0 Å². The lowest BCUT2D eigenvalue weighted by molar-refractivity contribution is -0.122. The smallest absolute Gasteiger partial charge is 0.241 e. The van der Waals surface area contributed by atoms with Gasteiger partial charge >= 0.3 is 0 Å². The molecule has 0 radical (unpaired) electrons. The molecule has 0 aliphatic heterocycles. The molecule has 30 heavy (non-hydrogen) atoms. The highest BCUT2D eigenvalue weighted by atomic mass is 32.2. The van der Waals surface area contributed by atoms with Gasteiger partial charge in [-0.25, -0.2) is 8.42 Å². The largest absolute Gasteiger partial charge is 0.494 e. The summed E-state index contributed by atoms with van der Waals surface area (Å²) in [6.07, 6.45) is 0.900. The van der Waals surface area contributed by atoms with Crippen molar-refractivity contribution in [3.8, 4) is 5.75 Å². The fraction of sp³-hybridized carbons (Fsp3) is 0.409. The maximum Gasteiger partial charge on any atom is 0.241 e. The van der Waals surface area contributed by atoms with Gasteiger partial charge in [-0.15, -0.1) is 0 Å². The summed E-state index contributed by atoms with van der Waals surface area (Å²) in [5.41, 5.74) is 0.862. The van der Waals surface area contributed by atoms with Crippen molar-refractivity contribution in [2.75, 3.05) is 26.4 Å². The van der Waals surface area contributed by atoms with Crippen molar-refractivity contribution >= 4 is 15.9 Å². The number of carbonyl (C=O) groups is 1. The lowest BCUT2D eigenvalue weighted by atomic mass is 10.1. The molecule has 1 amide bonds. The molecular formula is C22H30N2O5S. The van der Waals surface area contributed by atoms with Gasteiger partial charge in [0.15, 0.2) is 0 Å². The second-order valence-electron chi connectivity index (χ2n) is 6.61. The highest BCUT2D eigenvalue weighted by Gasteiger charge is 2.26. The SMILES string of the molecule is CCOCCCNC(=O)[C@H](Cc1ccccc1)NS(=O)(=O)c1ccc(OCC)cc1. The first-order valence-electron chi connectivity index (χ1n) is 10.1. The van der Waals surface area contributed by atoms with E-state index in [1.54, 1.807) is 12.1 Å². The van der Waals surface area contributed by atoms with E-state index in [-0.39, 0.29) is 17.2 Å². The number of hydrogen-bond acceptors (Lipinski definition) is 5. The first kappa shape index (κ1) is 23.9. The number of benzene rings is 2. The van der Waals surface area contributed by atoms with Crippen molar-refractivity contribution < 1.29 is 22.7 Å². The van der Waals surface area contributed by atoms with Crippen LogP contribution in [0.15, 0.2) is 59.5 Å². The molecule has 0 bridgehead atoms. The Morgan fingerprint density at radius 2 is 1.70 bits per heavy atom. The molecule has 0 heterocycles. The minimum atomic E-state index is -3.89. The topological polar surface area (TPSA) is 93.7 Å². The molecule has 164 valence electrons. The van der Waals surface area contributed by atoms with E-state index in [1.165, 1.54) is 12.1 Å². The van der Waals surface area contributed by atoms with Gasteiger partial charge in [0, 0.05) is 19.8 Å². The van der Waals surface area contributed by atoms with Gasteiger partial charge in [-0.05, 0) is 56.5 Å². The third-order valence-corrected chi connectivity index (χ3v) is 5.80. The second kappa shape index (κ2) is 12.3. The van der Waals surface area contributed by atoms with Crippen LogP contribution in [0.4, 0.5) is 0 Å². The Balaban J connectivity index is 2.11. The van der Waals surface area contributed by atoms with Crippen molar-refractivity contribution in [1.29, 1.82) is 0 Å². The van der Waals surface area contributed by atoms with Crippen molar-refractivity contribution in [1.82, 2.24) is 10.0 Å². The Bertz CT molecular complexity index is 870. The molecule has 2 rings (SSSR count). The summed E-state index contributed by atoms with van der Waals surface area (Å²) in [5.74, 6) is 0.217. The minimum absolute atomic E-state index is 0.0770. The molecule has 0 aliphatic carbocycles. The zero-order valence-electron chi connectivity index (χ0n) is 17.5. The molecule has 0 saturated heterocycles. The molecule has 7 nitrogen and oxygen atoms in total. The number of hydrogen-bond donors (Lipinski definition) is 2. The fourth-order valence-electron chi connectivity index (χ4n) is 2.83. The van der Waals surface area contributed by atoms with E-state index in [2.05, 4.69) is 10.0 Å². The lowest BCUT2D eigenvalue weighted by Gasteiger charge is -2.19. The van der Waals surface area contributed by atoms with E-state index in [4.69, 9.17) is 9.47 Å². The molecule has 8 heteroatoms. The summed E-state index contributed by atoms with van der Waals surface area (Å²) in [7, 11) is -3.89. The Morgan fingerprint density at radius 3 is 2.33 bits per heavy atom. The van der Waals surface area contributed by atoms with Crippen LogP contribution in [0.1, 0.15) is 25.8 Å². The number of amides is 1. The van der Waals surface area contributed by atoms with E-state index >= 15 is 0 Å². The van der Waals surface area contributed by atoms with E-state index in [9.17, 15) is 13.2 Å². The molecule has 0 aliphatic rings. The maximum absolute atomic E-state index is 12.9. The highest BCUT2D eigenvalue weighted by molar-refractivity contribution is 7.89. The van der Waals surface area contributed by atoms with Gasteiger partial charge in [0.2, 0.25) is 15.9 Å². The van der Waals surface area contributed by atoms with Crippen LogP contribution in [0, 0.1) is 0 Å². The quantitative estimate of drug-likeness (QED) is 0.473. The van der Waals surface area contributed by atoms with Crippen LogP contribution in [0.5, 0.6) is 5.75 Å². The molecule has 0 spiro atoms. The monoisotopic (exact) mass is 434 g/mol. The van der Waals surface area contributed by atoms with Crippen LogP contribution in [-0.4, -0.2) is 46.7 Å². The maximum atomic E-state index is 12.9. The van der Waals surface area contributed by atoms with Gasteiger partial charge < -0.3 is 14.8 Å². The van der Waals surface area contributed by atoms with Crippen LogP contribution in [0.2, 0.25) is 0 Å². The normalized spacial score (nSPS) is 12.3. The Hall–Kier alpha value is -2.42. The Morgan fingerprint density at radius 1 is 1.00 bits per heavy atom. The molecular weight excluding hydrogens is 404 g/mol. The molecule has 1 atom stereocenters. The van der Waals surface area contributed by atoms with Gasteiger partial charge in [-0.2, -0.15) is 4.72 Å². The van der Waals surface area contributed by atoms with Gasteiger partial charge in [0.1, 0.15) is 11.8 Å². The first-order chi connectivity index (χ1) is 14.5. The number of rotatable bonds is 13. The van der Waals surface area contributed by atoms with Gasteiger partial charge in [-0.1, -0.05) is 30.3 Å². The zero-order chi connectivity index (χ0) is 21.8. The standard InChI is InChI=1S/C22H30N2O5S/c1-3-28-16-8-15-23-22(25)21(17-18-9-6-5-7-10-18)24-30(26,27)20-13-11-19(12-14-20)29-4-2/h5-7,9-14,21,24H,3-4,8,15-17H2,1-2H3,(H,23,25)/t21-/m0/s1. The molecule has 2 N–H and O–H groups in total. The third-order valence-electron chi connectivity index (χ3n) is 4.31.